The maximum Gasteiger partial charge on any atom is 0.123 e. The van der Waals surface area contributed by atoms with Crippen LogP contribution < -0.4 is 0 Å². The van der Waals surface area contributed by atoms with Crippen molar-refractivity contribution in [2.45, 2.75) is 6.92 Å². The highest BCUT2D eigenvalue weighted by Crippen LogP contribution is 2.34. The Hall–Kier alpha value is -2.39. The van der Waals surface area contributed by atoms with Gasteiger partial charge in [0.1, 0.15) is 5.75 Å². The zero-order valence-electron chi connectivity index (χ0n) is 11.7. The molecule has 3 aromatic rings. The van der Waals surface area contributed by atoms with Gasteiger partial charge in [0.05, 0.1) is 5.69 Å². The molecular formula is C18H15NOS. The van der Waals surface area contributed by atoms with Crippen LogP contribution in [0.3, 0.4) is 0 Å². The third-order valence-electron chi connectivity index (χ3n) is 3.21. The number of pyridine rings is 1. The Kier molecular flexibility index (Phi) is 3.84. The van der Waals surface area contributed by atoms with E-state index in [0.717, 1.165) is 27.3 Å². The lowest BCUT2D eigenvalue weighted by Crippen LogP contribution is -1.89. The van der Waals surface area contributed by atoms with Crippen molar-refractivity contribution in [3.63, 3.8) is 0 Å². The highest BCUT2D eigenvalue weighted by molar-refractivity contribution is 7.11. The first kappa shape index (κ1) is 13.6. The third kappa shape index (κ3) is 3.03. The van der Waals surface area contributed by atoms with E-state index < -0.39 is 0 Å². The van der Waals surface area contributed by atoms with E-state index in [0.29, 0.717) is 0 Å². The van der Waals surface area contributed by atoms with Crippen LogP contribution in [0.2, 0.25) is 0 Å². The largest absolute Gasteiger partial charge is 0.507 e. The maximum atomic E-state index is 10.2. The highest BCUT2D eigenvalue weighted by atomic mass is 32.1. The van der Waals surface area contributed by atoms with E-state index in [9.17, 15) is 5.11 Å². The van der Waals surface area contributed by atoms with Crippen molar-refractivity contribution in [1.82, 2.24) is 4.98 Å². The van der Waals surface area contributed by atoms with Gasteiger partial charge in [-0.2, -0.15) is 0 Å². The molecule has 0 bridgehead atoms. The number of aromatic nitrogens is 1. The Morgan fingerprint density at radius 3 is 2.76 bits per heavy atom. The van der Waals surface area contributed by atoms with E-state index in [1.165, 1.54) is 0 Å². The van der Waals surface area contributed by atoms with Crippen molar-refractivity contribution in [3.8, 4) is 5.75 Å². The van der Waals surface area contributed by atoms with E-state index in [4.69, 9.17) is 0 Å². The summed E-state index contributed by atoms with van der Waals surface area (Å²) in [5.74, 6) is 0.288. The van der Waals surface area contributed by atoms with Crippen LogP contribution in [0.1, 0.15) is 21.7 Å². The average molecular weight is 293 g/mol. The van der Waals surface area contributed by atoms with Gasteiger partial charge in [-0.1, -0.05) is 23.8 Å². The lowest BCUT2D eigenvalue weighted by atomic mass is 10.00. The smallest absolute Gasteiger partial charge is 0.123 e. The van der Waals surface area contributed by atoms with Crippen molar-refractivity contribution < 1.29 is 5.11 Å². The fourth-order valence-electron chi connectivity index (χ4n) is 2.19. The molecule has 21 heavy (non-hydrogen) atoms. The number of aryl methyl sites for hydroxylation is 1. The number of hydrogen-bond acceptors (Lipinski definition) is 3. The van der Waals surface area contributed by atoms with E-state index in [-0.39, 0.29) is 5.75 Å². The van der Waals surface area contributed by atoms with Gasteiger partial charge in [-0.05, 0) is 48.7 Å². The highest BCUT2D eigenvalue weighted by Gasteiger charge is 2.11. The summed E-state index contributed by atoms with van der Waals surface area (Å²) in [5.41, 5.74) is 3.82. The van der Waals surface area contributed by atoms with Crippen LogP contribution >= 0.6 is 11.3 Å². The van der Waals surface area contributed by atoms with Gasteiger partial charge < -0.3 is 5.11 Å². The molecule has 3 heteroatoms. The molecule has 2 nitrogen and oxygen atoms in total. The number of benzene rings is 1. The molecule has 0 amide bonds. The summed E-state index contributed by atoms with van der Waals surface area (Å²) in [5, 5.41) is 12.3. The minimum absolute atomic E-state index is 0.288. The molecule has 0 atom stereocenters. The van der Waals surface area contributed by atoms with Crippen molar-refractivity contribution in [2.24, 2.45) is 0 Å². The molecule has 0 aliphatic heterocycles. The van der Waals surface area contributed by atoms with E-state index >= 15 is 0 Å². The van der Waals surface area contributed by atoms with E-state index in [1.54, 1.807) is 23.6 Å². The van der Waals surface area contributed by atoms with Crippen LogP contribution in [-0.4, -0.2) is 10.1 Å². The molecule has 0 unspecified atom stereocenters. The van der Waals surface area contributed by atoms with Gasteiger partial charge in [-0.3, -0.25) is 4.98 Å². The first-order chi connectivity index (χ1) is 10.2. The summed E-state index contributed by atoms with van der Waals surface area (Å²) in [6.07, 6.45) is 3.79. The first-order valence-electron chi connectivity index (χ1n) is 6.70. The van der Waals surface area contributed by atoms with Crippen LogP contribution in [0.25, 0.3) is 11.6 Å². The normalized spacial score (nSPS) is 11.6. The summed E-state index contributed by atoms with van der Waals surface area (Å²) in [6.45, 7) is 2.02. The first-order valence-corrected chi connectivity index (χ1v) is 7.58. The Bertz CT molecular complexity index is 761. The van der Waals surface area contributed by atoms with Crippen LogP contribution in [0, 0.1) is 6.92 Å². The van der Waals surface area contributed by atoms with E-state index in [1.807, 2.05) is 54.8 Å². The molecule has 2 heterocycles. The number of aromatic hydroxyl groups is 1. The third-order valence-corrected chi connectivity index (χ3v) is 4.11. The van der Waals surface area contributed by atoms with Crippen molar-refractivity contribution in [1.29, 1.82) is 0 Å². The Morgan fingerprint density at radius 1 is 1.14 bits per heavy atom. The second-order valence-corrected chi connectivity index (χ2v) is 5.76. The minimum atomic E-state index is 0.288. The quantitative estimate of drug-likeness (QED) is 0.756. The van der Waals surface area contributed by atoms with Gasteiger partial charge in [-0.15, -0.1) is 11.3 Å². The number of hydrogen-bond donors (Lipinski definition) is 1. The van der Waals surface area contributed by atoms with Gasteiger partial charge in [0, 0.05) is 22.2 Å². The molecular weight excluding hydrogens is 278 g/mol. The molecule has 0 spiro atoms. The number of rotatable bonds is 3. The molecule has 1 N–H and O–H groups in total. The van der Waals surface area contributed by atoms with Gasteiger partial charge in [0.25, 0.3) is 0 Å². The number of thiophene rings is 1. The minimum Gasteiger partial charge on any atom is -0.507 e. The standard InChI is InChI=1S/C18H15NOS/c1-13-7-8-17(20)15(11-13)16(18-6-4-10-21-18)12-14-5-2-3-9-19-14/h2-12,20H,1H3/b16-12+. The molecule has 104 valence electrons. The van der Waals surface area contributed by atoms with Crippen LogP contribution in [0.4, 0.5) is 0 Å². The fraction of sp³-hybridized carbons (Fsp3) is 0.0556. The molecule has 1 aromatic carbocycles. The number of phenols is 1. The second-order valence-electron chi connectivity index (χ2n) is 4.81. The second kappa shape index (κ2) is 5.94. The van der Waals surface area contributed by atoms with Crippen LogP contribution in [0.15, 0.2) is 60.1 Å². The molecule has 0 fully saturated rings. The van der Waals surface area contributed by atoms with E-state index in [2.05, 4.69) is 11.1 Å². The van der Waals surface area contributed by atoms with Gasteiger partial charge in [-0.25, -0.2) is 0 Å². The topological polar surface area (TPSA) is 33.1 Å². The molecule has 2 aromatic heterocycles. The number of phenolic OH excluding ortho intramolecular Hbond substituents is 1. The van der Waals surface area contributed by atoms with Gasteiger partial charge in [0.2, 0.25) is 0 Å². The zero-order chi connectivity index (χ0) is 14.7. The Balaban J connectivity index is 2.18. The fourth-order valence-corrected chi connectivity index (χ4v) is 2.94. The summed E-state index contributed by atoms with van der Waals surface area (Å²) in [6, 6.07) is 15.5. The number of nitrogens with zero attached hydrogens (tertiary/aromatic N) is 1. The van der Waals surface area contributed by atoms with Gasteiger partial charge in [0.15, 0.2) is 0 Å². The molecule has 3 rings (SSSR count). The Labute approximate surface area is 128 Å². The molecule has 0 aliphatic carbocycles. The predicted molar refractivity (Wildman–Crippen MR) is 88.4 cm³/mol. The average Bonchev–Trinajstić information content (AvgIpc) is 3.03. The summed E-state index contributed by atoms with van der Waals surface area (Å²) in [7, 11) is 0. The van der Waals surface area contributed by atoms with Crippen molar-refractivity contribution in [2.75, 3.05) is 0 Å². The zero-order valence-corrected chi connectivity index (χ0v) is 12.5. The Morgan fingerprint density at radius 2 is 2.05 bits per heavy atom. The molecule has 0 saturated heterocycles. The summed E-state index contributed by atoms with van der Waals surface area (Å²) in [4.78, 5) is 5.47. The summed E-state index contributed by atoms with van der Waals surface area (Å²) < 4.78 is 0. The maximum absolute atomic E-state index is 10.2. The van der Waals surface area contributed by atoms with Gasteiger partial charge >= 0.3 is 0 Å². The monoisotopic (exact) mass is 293 g/mol. The van der Waals surface area contributed by atoms with Crippen molar-refractivity contribution >= 4 is 23.0 Å². The molecule has 0 aliphatic rings. The van der Waals surface area contributed by atoms with Crippen LogP contribution in [0.5, 0.6) is 5.75 Å². The van der Waals surface area contributed by atoms with Crippen LogP contribution in [-0.2, 0) is 0 Å². The SMILES string of the molecule is Cc1ccc(O)c(/C(=C\c2ccccn2)c2cccs2)c1. The molecule has 0 saturated carbocycles. The van der Waals surface area contributed by atoms with Crippen molar-refractivity contribution in [3.05, 3.63) is 81.8 Å². The molecule has 0 radical (unpaired) electrons. The summed E-state index contributed by atoms with van der Waals surface area (Å²) >= 11 is 1.65. The predicted octanol–water partition coefficient (Wildman–Crippen LogP) is 4.75. The lowest BCUT2D eigenvalue weighted by molar-refractivity contribution is 0.473. The lowest BCUT2D eigenvalue weighted by Gasteiger charge is -2.09.